The van der Waals surface area contributed by atoms with E-state index in [2.05, 4.69) is 46.8 Å². The van der Waals surface area contributed by atoms with Crippen LogP contribution >= 0.6 is 0 Å². The van der Waals surface area contributed by atoms with E-state index in [0.29, 0.717) is 6.04 Å². The highest BCUT2D eigenvalue weighted by Gasteiger charge is 2.18. The fourth-order valence-corrected chi connectivity index (χ4v) is 2.31. The van der Waals surface area contributed by atoms with Gasteiger partial charge >= 0.3 is 6.03 Å². The van der Waals surface area contributed by atoms with Gasteiger partial charge in [-0.3, -0.25) is 0 Å². The molecule has 4 nitrogen and oxygen atoms in total. The van der Waals surface area contributed by atoms with Gasteiger partial charge in [0.1, 0.15) is 0 Å². The van der Waals surface area contributed by atoms with Crippen LogP contribution in [0.25, 0.3) is 0 Å². The predicted octanol–water partition coefficient (Wildman–Crippen LogP) is 2.36. The summed E-state index contributed by atoms with van der Waals surface area (Å²) in [5, 5.41) is 5.90. The molecule has 0 heterocycles. The number of benzene rings is 1. The second kappa shape index (κ2) is 7.90. The maximum absolute atomic E-state index is 11.5. The normalized spacial score (nSPS) is 14.9. The molecule has 2 rings (SSSR count). The Bertz CT molecular complexity index is 403. The average molecular weight is 275 g/mol. The molecule has 110 valence electrons. The number of hydrogen-bond acceptors (Lipinski definition) is 2. The van der Waals surface area contributed by atoms with Crippen LogP contribution in [0.15, 0.2) is 30.3 Å². The summed E-state index contributed by atoms with van der Waals surface area (Å²) in [5.41, 5.74) is 1.32. The minimum Gasteiger partial charge on any atom is -0.338 e. The topological polar surface area (TPSA) is 44.4 Å². The van der Waals surface area contributed by atoms with E-state index in [4.69, 9.17) is 0 Å². The molecule has 4 heteroatoms. The quantitative estimate of drug-likeness (QED) is 0.750. The summed E-state index contributed by atoms with van der Waals surface area (Å²) in [6.45, 7) is 2.67. The zero-order valence-corrected chi connectivity index (χ0v) is 12.3. The van der Waals surface area contributed by atoms with E-state index in [9.17, 15) is 4.79 Å². The van der Waals surface area contributed by atoms with Crippen molar-refractivity contribution in [3.05, 3.63) is 35.9 Å². The highest BCUT2D eigenvalue weighted by molar-refractivity contribution is 5.74. The zero-order chi connectivity index (χ0) is 14.2. The van der Waals surface area contributed by atoms with Crippen LogP contribution in [0.3, 0.4) is 0 Å². The van der Waals surface area contributed by atoms with Gasteiger partial charge in [-0.05, 0) is 44.8 Å². The van der Waals surface area contributed by atoms with Crippen molar-refractivity contribution >= 4 is 6.03 Å². The van der Waals surface area contributed by atoms with Crippen molar-refractivity contribution in [2.75, 3.05) is 20.1 Å². The van der Waals surface area contributed by atoms with Crippen LogP contribution in [0.4, 0.5) is 4.79 Å². The Labute approximate surface area is 121 Å². The van der Waals surface area contributed by atoms with Gasteiger partial charge < -0.3 is 15.5 Å². The van der Waals surface area contributed by atoms with Gasteiger partial charge in [-0.1, -0.05) is 30.3 Å². The summed E-state index contributed by atoms with van der Waals surface area (Å²) in [4.78, 5) is 13.8. The largest absolute Gasteiger partial charge is 0.338 e. The van der Waals surface area contributed by atoms with E-state index in [1.54, 1.807) is 0 Å². The van der Waals surface area contributed by atoms with Crippen molar-refractivity contribution in [2.45, 2.75) is 38.3 Å². The van der Waals surface area contributed by atoms with Crippen molar-refractivity contribution in [3.63, 3.8) is 0 Å². The van der Waals surface area contributed by atoms with Crippen LogP contribution in [0.5, 0.6) is 0 Å². The van der Waals surface area contributed by atoms with E-state index >= 15 is 0 Å². The van der Waals surface area contributed by atoms with Crippen LogP contribution in [-0.2, 0) is 6.54 Å². The summed E-state index contributed by atoms with van der Waals surface area (Å²) >= 11 is 0. The number of amides is 2. The molecule has 1 aromatic carbocycles. The molecule has 1 saturated carbocycles. The van der Waals surface area contributed by atoms with Crippen molar-refractivity contribution in [3.8, 4) is 0 Å². The number of hydrogen-bond donors (Lipinski definition) is 2. The van der Waals surface area contributed by atoms with Gasteiger partial charge in [-0.2, -0.15) is 0 Å². The van der Waals surface area contributed by atoms with E-state index in [1.165, 1.54) is 12.0 Å². The lowest BCUT2D eigenvalue weighted by molar-refractivity contribution is 0.227. The smallest absolute Gasteiger partial charge is 0.315 e. The Kier molecular flexibility index (Phi) is 5.87. The molecule has 0 aromatic heterocycles. The standard InChI is InChI=1S/C16H25N3O/c1-19(13-14-7-3-2-4-8-14)12-6-11-17-16(20)18-15-9-5-10-15/h2-4,7-8,15H,5-6,9-13H2,1H3,(H2,17,18,20). The molecule has 1 aromatic rings. The van der Waals surface area contributed by atoms with Crippen molar-refractivity contribution in [2.24, 2.45) is 0 Å². The Balaban J connectivity index is 1.52. The second-order valence-corrected chi connectivity index (χ2v) is 5.61. The lowest BCUT2D eigenvalue weighted by atomic mass is 9.93. The second-order valence-electron chi connectivity index (χ2n) is 5.61. The number of rotatable bonds is 7. The molecule has 1 aliphatic carbocycles. The molecule has 0 atom stereocenters. The van der Waals surface area contributed by atoms with Gasteiger partial charge in [0.2, 0.25) is 0 Å². The van der Waals surface area contributed by atoms with E-state index in [1.807, 2.05) is 6.07 Å². The monoisotopic (exact) mass is 275 g/mol. The Hall–Kier alpha value is -1.55. The molecule has 2 amide bonds. The first-order chi connectivity index (χ1) is 9.74. The van der Waals surface area contributed by atoms with Crippen molar-refractivity contribution < 1.29 is 4.79 Å². The lowest BCUT2D eigenvalue weighted by Gasteiger charge is -2.26. The van der Waals surface area contributed by atoms with Gasteiger partial charge in [0, 0.05) is 19.1 Å². The molecule has 0 spiro atoms. The van der Waals surface area contributed by atoms with Crippen LogP contribution in [0.2, 0.25) is 0 Å². The van der Waals surface area contributed by atoms with Crippen LogP contribution in [0.1, 0.15) is 31.2 Å². The van der Waals surface area contributed by atoms with Gasteiger partial charge in [-0.15, -0.1) is 0 Å². The van der Waals surface area contributed by atoms with Crippen molar-refractivity contribution in [1.29, 1.82) is 0 Å². The highest BCUT2D eigenvalue weighted by atomic mass is 16.2. The summed E-state index contributed by atoms with van der Waals surface area (Å²) in [6, 6.07) is 10.8. The van der Waals surface area contributed by atoms with Crippen LogP contribution in [0, 0.1) is 0 Å². The molecular weight excluding hydrogens is 250 g/mol. The molecule has 0 radical (unpaired) electrons. The number of carbonyl (C=O) groups is 1. The average Bonchev–Trinajstić information content (AvgIpc) is 2.40. The lowest BCUT2D eigenvalue weighted by Crippen LogP contribution is -2.45. The molecule has 0 aliphatic heterocycles. The highest BCUT2D eigenvalue weighted by Crippen LogP contribution is 2.17. The third kappa shape index (κ3) is 5.21. The molecule has 1 fully saturated rings. The molecule has 2 N–H and O–H groups in total. The summed E-state index contributed by atoms with van der Waals surface area (Å²) in [6.07, 6.45) is 4.48. The van der Waals surface area contributed by atoms with Gasteiger partial charge in [-0.25, -0.2) is 4.79 Å². The molecule has 0 bridgehead atoms. The molecule has 1 aliphatic rings. The SMILES string of the molecule is CN(CCCNC(=O)NC1CCC1)Cc1ccccc1. The third-order valence-corrected chi connectivity index (χ3v) is 3.74. The maximum atomic E-state index is 11.5. The summed E-state index contributed by atoms with van der Waals surface area (Å²) in [7, 11) is 2.11. The first-order valence-electron chi connectivity index (χ1n) is 7.51. The van der Waals surface area contributed by atoms with Gasteiger partial charge in [0.05, 0.1) is 0 Å². The Morgan fingerprint density at radius 1 is 1.30 bits per heavy atom. The zero-order valence-electron chi connectivity index (χ0n) is 12.3. The number of urea groups is 1. The maximum Gasteiger partial charge on any atom is 0.315 e. The molecule has 20 heavy (non-hydrogen) atoms. The molecular formula is C16H25N3O. The van der Waals surface area contributed by atoms with E-state index < -0.39 is 0 Å². The Morgan fingerprint density at radius 2 is 2.05 bits per heavy atom. The van der Waals surface area contributed by atoms with E-state index in [-0.39, 0.29) is 6.03 Å². The number of nitrogens with zero attached hydrogens (tertiary/aromatic N) is 1. The Morgan fingerprint density at radius 3 is 2.70 bits per heavy atom. The summed E-state index contributed by atoms with van der Waals surface area (Å²) < 4.78 is 0. The molecule has 0 unspecified atom stereocenters. The fourth-order valence-electron chi connectivity index (χ4n) is 2.31. The fraction of sp³-hybridized carbons (Fsp3) is 0.562. The van der Waals surface area contributed by atoms with Crippen LogP contribution in [-0.4, -0.2) is 37.1 Å². The first kappa shape index (κ1) is 14.9. The van der Waals surface area contributed by atoms with Gasteiger partial charge in [0.25, 0.3) is 0 Å². The number of carbonyl (C=O) groups excluding carboxylic acids is 1. The summed E-state index contributed by atoms with van der Waals surface area (Å²) in [5.74, 6) is 0. The van der Waals surface area contributed by atoms with E-state index in [0.717, 1.165) is 38.9 Å². The molecule has 0 saturated heterocycles. The minimum absolute atomic E-state index is 0.0135. The third-order valence-electron chi connectivity index (χ3n) is 3.74. The van der Waals surface area contributed by atoms with Crippen LogP contribution < -0.4 is 10.6 Å². The first-order valence-corrected chi connectivity index (χ1v) is 7.51. The predicted molar refractivity (Wildman–Crippen MR) is 81.6 cm³/mol. The van der Waals surface area contributed by atoms with Gasteiger partial charge in [0.15, 0.2) is 0 Å². The number of nitrogens with one attached hydrogen (secondary N) is 2. The van der Waals surface area contributed by atoms with Crippen molar-refractivity contribution in [1.82, 2.24) is 15.5 Å². The minimum atomic E-state index is -0.0135.